The molecule has 4 heterocycles. The van der Waals surface area contributed by atoms with E-state index in [-0.39, 0.29) is 0 Å². The minimum atomic E-state index is -1.12. The van der Waals surface area contributed by atoms with Crippen molar-refractivity contribution < 1.29 is 4.55 Å². The van der Waals surface area contributed by atoms with E-state index in [1.807, 2.05) is 29.3 Å². The summed E-state index contributed by atoms with van der Waals surface area (Å²) in [6.07, 6.45) is 7.38. The number of hydrogen-bond acceptors (Lipinski definition) is 7. The average molecular weight is 418 g/mol. The van der Waals surface area contributed by atoms with Crippen LogP contribution in [0.1, 0.15) is 19.8 Å². The number of nitrogens with zero attached hydrogens (tertiary/aromatic N) is 4. The van der Waals surface area contributed by atoms with Gasteiger partial charge in [0, 0.05) is 35.8 Å². The average Bonchev–Trinajstić information content (AvgIpc) is 3.39. The molecule has 0 radical (unpaired) electrons. The highest BCUT2D eigenvalue weighted by Crippen LogP contribution is 2.43. The lowest BCUT2D eigenvalue weighted by atomic mass is 10.1. The highest BCUT2D eigenvalue weighted by atomic mass is 32.2. The molecule has 0 amide bonds. The lowest BCUT2D eigenvalue weighted by Gasteiger charge is -2.08. The predicted octanol–water partition coefficient (Wildman–Crippen LogP) is 4.31. The van der Waals surface area contributed by atoms with Crippen LogP contribution in [0.15, 0.2) is 34.4 Å². The van der Waals surface area contributed by atoms with E-state index in [0.29, 0.717) is 15.6 Å². The molecule has 4 aromatic rings. The number of thiazole rings is 1. The minimum absolute atomic E-state index is 0.559. The SMILES string of the molecule is CCCC[S@+]([O-])c1sc2nc(-c3nccs3)cc(-c3cn(C)cn3)c2c1N. The van der Waals surface area contributed by atoms with Gasteiger partial charge in [-0.25, -0.2) is 15.0 Å². The fraction of sp³-hybridized carbons (Fsp3) is 0.278. The van der Waals surface area contributed by atoms with Crippen LogP contribution in [0, 0.1) is 0 Å². The molecule has 6 nitrogen and oxygen atoms in total. The molecule has 4 rings (SSSR count). The third-order valence-corrected chi connectivity index (χ3v) is 7.98. The van der Waals surface area contributed by atoms with Gasteiger partial charge < -0.3 is 14.9 Å². The van der Waals surface area contributed by atoms with Gasteiger partial charge in [0.2, 0.25) is 4.21 Å². The van der Waals surface area contributed by atoms with Crippen LogP contribution in [-0.2, 0) is 18.2 Å². The minimum Gasteiger partial charge on any atom is -0.611 e. The highest BCUT2D eigenvalue weighted by molar-refractivity contribution is 7.93. The predicted molar refractivity (Wildman–Crippen MR) is 114 cm³/mol. The normalized spacial score (nSPS) is 12.7. The van der Waals surface area contributed by atoms with E-state index in [9.17, 15) is 4.55 Å². The standard InChI is InChI=1S/C18H19N5OS3/c1-3-4-7-27(24)18-15(19)14-11(13-9-23(2)10-21-13)8-12(22-17(14)26-18)16-20-5-6-25-16/h5-6,8-10H,3-4,7,19H2,1-2H3/t27-/m0/s1. The molecule has 27 heavy (non-hydrogen) atoms. The number of imidazole rings is 1. The first-order valence-electron chi connectivity index (χ1n) is 8.58. The van der Waals surface area contributed by atoms with Crippen molar-refractivity contribution in [2.24, 2.45) is 7.05 Å². The molecule has 0 aliphatic heterocycles. The second-order valence-corrected chi connectivity index (χ2v) is 9.86. The van der Waals surface area contributed by atoms with Gasteiger partial charge in [-0.1, -0.05) is 24.7 Å². The molecule has 0 aliphatic rings. The molecule has 0 aliphatic carbocycles. The number of fused-ring (bicyclic) bond motifs is 1. The summed E-state index contributed by atoms with van der Waals surface area (Å²) in [5, 5.41) is 3.60. The number of anilines is 1. The molecule has 0 unspecified atom stereocenters. The van der Waals surface area contributed by atoms with Crippen molar-refractivity contribution in [3.63, 3.8) is 0 Å². The summed E-state index contributed by atoms with van der Waals surface area (Å²) in [6.45, 7) is 2.09. The molecule has 140 valence electrons. The van der Waals surface area contributed by atoms with E-state index >= 15 is 0 Å². The van der Waals surface area contributed by atoms with Gasteiger partial charge in [-0.2, -0.15) is 0 Å². The van der Waals surface area contributed by atoms with Gasteiger partial charge in [0.05, 0.1) is 12.0 Å². The number of aromatic nitrogens is 4. The first-order valence-corrected chi connectivity index (χ1v) is 11.6. The second-order valence-electron chi connectivity index (χ2n) is 6.20. The van der Waals surface area contributed by atoms with E-state index in [1.165, 1.54) is 22.7 Å². The molecule has 0 saturated heterocycles. The number of nitrogen functional groups attached to an aromatic ring is 1. The summed E-state index contributed by atoms with van der Waals surface area (Å²) in [5.41, 5.74) is 9.52. The molecule has 2 N–H and O–H groups in total. The van der Waals surface area contributed by atoms with Crippen LogP contribution in [0.5, 0.6) is 0 Å². The molecule has 4 aromatic heterocycles. The molecule has 0 saturated carbocycles. The zero-order chi connectivity index (χ0) is 19.0. The Hall–Kier alpha value is -1.94. The van der Waals surface area contributed by atoms with E-state index in [0.717, 1.165) is 45.0 Å². The molecule has 9 heteroatoms. The van der Waals surface area contributed by atoms with Gasteiger partial charge in [0.25, 0.3) is 0 Å². The van der Waals surface area contributed by atoms with E-state index < -0.39 is 11.2 Å². The van der Waals surface area contributed by atoms with Gasteiger partial charge in [0.1, 0.15) is 27.0 Å². The number of pyridine rings is 1. The number of thiophene rings is 1. The summed E-state index contributed by atoms with van der Waals surface area (Å²) in [4.78, 5) is 14.4. The van der Waals surface area contributed by atoms with Crippen LogP contribution in [-0.4, -0.2) is 29.8 Å². The molecule has 0 aromatic carbocycles. The van der Waals surface area contributed by atoms with Crippen molar-refractivity contribution >= 4 is 49.8 Å². The number of unbranched alkanes of at least 4 members (excludes halogenated alkanes) is 1. The fourth-order valence-electron chi connectivity index (χ4n) is 2.85. The number of rotatable bonds is 6. The van der Waals surface area contributed by atoms with Crippen molar-refractivity contribution in [1.29, 1.82) is 0 Å². The topological polar surface area (TPSA) is 92.7 Å². The van der Waals surface area contributed by atoms with Crippen LogP contribution in [0.25, 0.3) is 32.2 Å². The molecule has 0 bridgehead atoms. The van der Waals surface area contributed by atoms with Gasteiger partial charge in [-0.3, -0.25) is 0 Å². The molecule has 0 fully saturated rings. The zero-order valence-corrected chi connectivity index (χ0v) is 17.5. The monoisotopic (exact) mass is 417 g/mol. The lowest BCUT2D eigenvalue weighted by molar-refractivity contribution is 0.594. The van der Waals surface area contributed by atoms with Crippen molar-refractivity contribution in [2.75, 3.05) is 11.5 Å². The maximum atomic E-state index is 12.7. The molecular formula is C18H19N5OS3. The van der Waals surface area contributed by atoms with Crippen LogP contribution < -0.4 is 5.73 Å². The summed E-state index contributed by atoms with van der Waals surface area (Å²) in [6, 6.07) is 1.98. The van der Waals surface area contributed by atoms with Gasteiger partial charge in [-0.05, 0) is 23.7 Å². The summed E-state index contributed by atoms with van der Waals surface area (Å²) in [7, 11) is 1.93. The lowest BCUT2D eigenvalue weighted by Crippen LogP contribution is -2.06. The summed E-state index contributed by atoms with van der Waals surface area (Å²) >= 11 is 1.84. The Labute approximate surface area is 168 Å². The third-order valence-electron chi connectivity index (χ3n) is 4.19. The van der Waals surface area contributed by atoms with Crippen LogP contribution >= 0.6 is 22.7 Å². The maximum Gasteiger partial charge on any atom is 0.232 e. The molecule has 0 spiro atoms. The molecule has 1 atom stereocenters. The molecular weight excluding hydrogens is 398 g/mol. The Kier molecular flexibility index (Phi) is 5.18. The number of aryl methyl sites for hydroxylation is 1. The second kappa shape index (κ2) is 7.59. The smallest absolute Gasteiger partial charge is 0.232 e. The largest absolute Gasteiger partial charge is 0.611 e. The number of nitrogens with two attached hydrogens (primary N) is 1. The third kappa shape index (κ3) is 3.47. The van der Waals surface area contributed by atoms with Crippen LogP contribution in [0.2, 0.25) is 0 Å². The summed E-state index contributed by atoms with van der Waals surface area (Å²) in [5.74, 6) is 0.617. The Morgan fingerprint density at radius 1 is 1.30 bits per heavy atom. The highest BCUT2D eigenvalue weighted by Gasteiger charge is 2.25. The van der Waals surface area contributed by atoms with Crippen LogP contribution in [0.3, 0.4) is 0 Å². The zero-order valence-electron chi connectivity index (χ0n) is 15.0. The van der Waals surface area contributed by atoms with Crippen molar-refractivity contribution in [3.05, 3.63) is 30.2 Å². The fourth-order valence-corrected chi connectivity index (χ4v) is 6.24. The number of hydrogen-bond donors (Lipinski definition) is 1. The first kappa shape index (κ1) is 18.4. The Morgan fingerprint density at radius 2 is 2.15 bits per heavy atom. The first-order chi connectivity index (χ1) is 13.1. The Morgan fingerprint density at radius 3 is 2.81 bits per heavy atom. The van der Waals surface area contributed by atoms with E-state index in [4.69, 9.17) is 10.7 Å². The quantitative estimate of drug-likeness (QED) is 0.472. The van der Waals surface area contributed by atoms with Gasteiger partial charge >= 0.3 is 0 Å². The Balaban J connectivity index is 1.93. The van der Waals surface area contributed by atoms with Crippen molar-refractivity contribution in [2.45, 2.75) is 24.0 Å². The van der Waals surface area contributed by atoms with Crippen LogP contribution in [0.4, 0.5) is 5.69 Å². The van der Waals surface area contributed by atoms with E-state index in [1.54, 1.807) is 12.5 Å². The Bertz CT molecular complexity index is 1070. The van der Waals surface area contributed by atoms with Gasteiger partial charge in [-0.15, -0.1) is 11.3 Å². The van der Waals surface area contributed by atoms with Crippen molar-refractivity contribution in [3.8, 4) is 22.0 Å². The van der Waals surface area contributed by atoms with Gasteiger partial charge in [0.15, 0.2) is 0 Å². The maximum absolute atomic E-state index is 12.7. The van der Waals surface area contributed by atoms with E-state index in [2.05, 4.69) is 16.9 Å². The van der Waals surface area contributed by atoms with Crippen molar-refractivity contribution in [1.82, 2.24) is 19.5 Å². The summed E-state index contributed by atoms with van der Waals surface area (Å²) < 4.78 is 15.3.